The Labute approximate surface area is 152 Å². The Morgan fingerprint density at radius 3 is 2.08 bits per heavy atom. The van der Waals surface area contributed by atoms with Crippen LogP contribution in [0.25, 0.3) is 11.3 Å². The van der Waals surface area contributed by atoms with Crippen molar-refractivity contribution in [1.82, 2.24) is 4.98 Å². The van der Waals surface area contributed by atoms with Gasteiger partial charge in [0, 0.05) is 17.3 Å². The molecule has 26 heavy (non-hydrogen) atoms. The van der Waals surface area contributed by atoms with Crippen LogP contribution in [0.2, 0.25) is 5.02 Å². The van der Waals surface area contributed by atoms with Crippen LogP contribution in [0.1, 0.15) is 5.56 Å². The highest BCUT2D eigenvalue weighted by Gasteiger charge is 2.59. The van der Waals surface area contributed by atoms with Gasteiger partial charge in [-0.3, -0.25) is 4.98 Å². The molecule has 0 saturated heterocycles. The van der Waals surface area contributed by atoms with Gasteiger partial charge in [0.25, 0.3) is 0 Å². The van der Waals surface area contributed by atoms with Gasteiger partial charge in [-0.2, -0.15) is 13.2 Å². The maximum absolute atomic E-state index is 14.0. The first kappa shape index (κ1) is 16.7. The summed E-state index contributed by atoms with van der Waals surface area (Å²) in [6.45, 7) is 0. The number of anilines is 2. The smallest absolute Gasteiger partial charge is 0.350 e. The number of aromatic nitrogens is 1. The zero-order chi connectivity index (χ0) is 18.4. The lowest BCUT2D eigenvalue weighted by Crippen LogP contribution is -2.52. The molecule has 1 aliphatic heterocycles. The fourth-order valence-electron chi connectivity index (χ4n) is 3.06. The molecule has 1 aromatic heterocycles. The third-order valence-electron chi connectivity index (χ3n) is 4.34. The van der Waals surface area contributed by atoms with Gasteiger partial charge in [0.15, 0.2) is 0 Å². The van der Waals surface area contributed by atoms with E-state index in [-0.39, 0.29) is 10.6 Å². The lowest BCUT2D eigenvalue weighted by atomic mass is 9.97. The average Bonchev–Trinajstić information content (AvgIpc) is 3.03. The fraction of sp³-hybridized carbons (Fsp3) is 0.105. The van der Waals surface area contributed by atoms with Crippen molar-refractivity contribution in [1.29, 1.82) is 0 Å². The van der Waals surface area contributed by atoms with Crippen LogP contribution in [0.15, 0.2) is 66.9 Å². The summed E-state index contributed by atoms with van der Waals surface area (Å²) in [5.74, 6) is 0. The number of benzene rings is 2. The van der Waals surface area contributed by atoms with E-state index in [1.807, 2.05) is 0 Å². The molecule has 2 heterocycles. The van der Waals surface area contributed by atoms with Crippen LogP contribution in [0.5, 0.6) is 0 Å². The van der Waals surface area contributed by atoms with Gasteiger partial charge >= 0.3 is 6.18 Å². The quantitative estimate of drug-likeness (QED) is 0.607. The van der Waals surface area contributed by atoms with E-state index >= 15 is 0 Å². The summed E-state index contributed by atoms with van der Waals surface area (Å²) in [5.41, 5.74) is -0.525. The molecule has 0 fully saturated rings. The van der Waals surface area contributed by atoms with Crippen molar-refractivity contribution in [3.8, 4) is 11.3 Å². The fourth-order valence-corrected chi connectivity index (χ4v) is 3.34. The minimum Gasteiger partial charge on any atom is -0.350 e. The standard InChI is InChI=1S/C19H13ClF3N3/c20-14-11-12(8-9-13(14)15-5-3-4-10-24-15)18(19(21,22)23)25-16-6-1-2-7-17(16)26-18/h1-11,25-26H. The number of nitrogens with zero attached hydrogens (tertiary/aromatic N) is 1. The molecule has 0 atom stereocenters. The maximum Gasteiger partial charge on any atom is 0.434 e. The summed E-state index contributed by atoms with van der Waals surface area (Å²) in [7, 11) is 0. The van der Waals surface area contributed by atoms with E-state index in [0.717, 1.165) is 0 Å². The van der Waals surface area contributed by atoms with Gasteiger partial charge in [0.2, 0.25) is 5.66 Å². The van der Waals surface area contributed by atoms with Crippen LogP contribution in [0.4, 0.5) is 24.5 Å². The molecule has 7 heteroatoms. The van der Waals surface area contributed by atoms with E-state index in [2.05, 4.69) is 15.6 Å². The van der Waals surface area contributed by atoms with Crippen LogP contribution in [0, 0.1) is 0 Å². The second-order valence-corrected chi connectivity index (χ2v) is 6.36. The number of nitrogens with one attached hydrogen (secondary N) is 2. The van der Waals surface area contributed by atoms with Gasteiger partial charge < -0.3 is 10.6 Å². The van der Waals surface area contributed by atoms with Crippen LogP contribution in [-0.2, 0) is 5.66 Å². The normalized spacial score (nSPS) is 15.1. The Balaban J connectivity index is 1.81. The molecule has 4 rings (SSSR count). The molecular formula is C19H13ClF3N3. The number of alkyl halides is 3. The summed E-state index contributed by atoms with van der Waals surface area (Å²) < 4.78 is 42.1. The molecule has 2 N–H and O–H groups in total. The number of para-hydroxylation sites is 2. The van der Waals surface area contributed by atoms with Gasteiger partial charge in [0.1, 0.15) is 0 Å². The molecule has 0 saturated carbocycles. The van der Waals surface area contributed by atoms with Crippen molar-refractivity contribution in [2.45, 2.75) is 11.8 Å². The van der Waals surface area contributed by atoms with Crippen molar-refractivity contribution >= 4 is 23.0 Å². The second-order valence-electron chi connectivity index (χ2n) is 5.95. The van der Waals surface area contributed by atoms with E-state index in [9.17, 15) is 13.2 Å². The number of rotatable bonds is 2. The SMILES string of the molecule is FC(F)(F)C1(c2ccc(-c3ccccn3)c(Cl)c2)Nc2ccccc2N1. The highest BCUT2D eigenvalue weighted by molar-refractivity contribution is 6.33. The summed E-state index contributed by atoms with van der Waals surface area (Å²) in [5, 5.41) is 5.36. The summed E-state index contributed by atoms with van der Waals surface area (Å²) in [6, 6.07) is 16.1. The first-order chi connectivity index (χ1) is 12.4. The van der Waals surface area contributed by atoms with Gasteiger partial charge in [-0.15, -0.1) is 0 Å². The van der Waals surface area contributed by atoms with E-state index in [1.54, 1.807) is 54.7 Å². The Morgan fingerprint density at radius 1 is 0.885 bits per heavy atom. The summed E-state index contributed by atoms with van der Waals surface area (Å²) in [6.07, 6.45) is -2.99. The van der Waals surface area contributed by atoms with Gasteiger partial charge in [0.05, 0.1) is 22.1 Å². The zero-order valence-corrected chi connectivity index (χ0v) is 14.1. The molecule has 2 aromatic carbocycles. The van der Waals surface area contributed by atoms with Crippen molar-refractivity contribution < 1.29 is 13.2 Å². The van der Waals surface area contributed by atoms with Crippen molar-refractivity contribution in [2.75, 3.05) is 10.6 Å². The average molecular weight is 376 g/mol. The second kappa shape index (κ2) is 5.92. The number of halogens is 4. The maximum atomic E-state index is 14.0. The molecule has 3 aromatic rings. The Kier molecular flexibility index (Phi) is 3.80. The molecule has 0 radical (unpaired) electrons. The monoisotopic (exact) mass is 375 g/mol. The molecule has 0 amide bonds. The predicted octanol–water partition coefficient (Wildman–Crippen LogP) is 5.65. The van der Waals surface area contributed by atoms with Crippen LogP contribution >= 0.6 is 11.6 Å². The lowest BCUT2D eigenvalue weighted by Gasteiger charge is -2.33. The highest BCUT2D eigenvalue weighted by atomic mass is 35.5. The van der Waals surface area contributed by atoms with Crippen LogP contribution in [0.3, 0.4) is 0 Å². The van der Waals surface area contributed by atoms with E-state index in [4.69, 9.17) is 11.6 Å². The third-order valence-corrected chi connectivity index (χ3v) is 4.65. The first-order valence-electron chi connectivity index (χ1n) is 7.84. The van der Waals surface area contributed by atoms with E-state index in [0.29, 0.717) is 22.6 Å². The van der Waals surface area contributed by atoms with Crippen LogP contribution < -0.4 is 10.6 Å². The van der Waals surface area contributed by atoms with E-state index in [1.165, 1.54) is 12.1 Å². The molecule has 0 aliphatic carbocycles. The number of hydrogen-bond donors (Lipinski definition) is 2. The van der Waals surface area contributed by atoms with Crippen molar-refractivity contribution in [2.24, 2.45) is 0 Å². The molecule has 0 spiro atoms. The molecule has 1 aliphatic rings. The number of fused-ring (bicyclic) bond motifs is 1. The molecule has 0 unspecified atom stereocenters. The first-order valence-corrected chi connectivity index (χ1v) is 8.22. The Morgan fingerprint density at radius 2 is 1.54 bits per heavy atom. The molecule has 0 bridgehead atoms. The van der Waals surface area contributed by atoms with Gasteiger partial charge in [-0.1, -0.05) is 41.9 Å². The number of hydrogen-bond acceptors (Lipinski definition) is 3. The van der Waals surface area contributed by atoms with Crippen LogP contribution in [-0.4, -0.2) is 11.2 Å². The minimum absolute atomic E-state index is 0.0223. The lowest BCUT2D eigenvalue weighted by molar-refractivity contribution is -0.172. The highest BCUT2D eigenvalue weighted by Crippen LogP contribution is 2.49. The molecule has 132 valence electrons. The van der Waals surface area contributed by atoms with Gasteiger partial charge in [-0.05, 0) is 30.3 Å². The van der Waals surface area contributed by atoms with Gasteiger partial charge in [-0.25, -0.2) is 0 Å². The Hall–Kier alpha value is -2.73. The minimum atomic E-state index is -4.60. The Bertz CT molecular complexity index is 933. The largest absolute Gasteiger partial charge is 0.434 e. The number of pyridine rings is 1. The van der Waals surface area contributed by atoms with Crippen molar-refractivity contribution in [3.63, 3.8) is 0 Å². The molecular weight excluding hydrogens is 363 g/mol. The van der Waals surface area contributed by atoms with E-state index < -0.39 is 11.8 Å². The molecule has 3 nitrogen and oxygen atoms in total. The summed E-state index contributed by atoms with van der Waals surface area (Å²) in [4.78, 5) is 4.20. The third kappa shape index (κ3) is 2.57. The predicted molar refractivity (Wildman–Crippen MR) is 96.1 cm³/mol. The topological polar surface area (TPSA) is 37.0 Å². The zero-order valence-electron chi connectivity index (χ0n) is 13.3. The van der Waals surface area contributed by atoms with Crippen molar-refractivity contribution in [3.05, 3.63) is 77.4 Å². The summed E-state index contributed by atoms with van der Waals surface area (Å²) >= 11 is 6.30.